The molecule has 2 rings (SSSR count). The largest absolute Gasteiger partial charge is 0.496 e. The van der Waals surface area contributed by atoms with Crippen LogP contribution in [0.3, 0.4) is 0 Å². The van der Waals surface area contributed by atoms with Crippen molar-refractivity contribution in [3.63, 3.8) is 0 Å². The highest BCUT2D eigenvalue weighted by Crippen LogP contribution is 2.28. The fourth-order valence-electron chi connectivity index (χ4n) is 2.26. The standard InChI is InChI=1S/C14H22N2OS/c1-17-13-11-12(3-4-14(13)18-2)5-8-16-9-6-15-7-10-16/h3-4,11,15H,5-10H2,1-2H3. The van der Waals surface area contributed by atoms with E-state index in [1.807, 2.05) is 0 Å². The third-order valence-electron chi connectivity index (χ3n) is 3.37. The van der Waals surface area contributed by atoms with Crippen molar-refractivity contribution in [3.05, 3.63) is 23.8 Å². The summed E-state index contributed by atoms with van der Waals surface area (Å²) in [6.07, 6.45) is 3.18. The van der Waals surface area contributed by atoms with Crippen molar-refractivity contribution in [2.24, 2.45) is 0 Å². The molecule has 0 saturated carbocycles. The molecule has 0 aliphatic carbocycles. The van der Waals surface area contributed by atoms with Crippen LogP contribution >= 0.6 is 11.8 Å². The van der Waals surface area contributed by atoms with Gasteiger partial charge in [-0.3, -0.25) is 0 Å². The first kappa shape index (κ1) is 13.7. The third-order valence-corrected chi connectivity index (χ3v) is 4.15. The number of nitrogens with zero attached hydrogens (tertiary/aromatic N) is 1. The number of piperazine rings is 1. The monoisotopic (exact) mass is 266 g/mol. The fraction of sp³-hybridized carbons (Fsp3) is 0.571. The summed E-state index contributed by atoms with van der Waals surface area (Å²) in [6.45, 7) is 5.72. The molecular weight excluding hydrogens is 244 g/mol. The Morgan fingerprint density at radius 1 is 1.33 bits per heavy atom. The first-order valence-corrected chi connectivity index (χ1v) is 7.70. The minimum atomic E-state index is 1.00. The zero-order chi connectivity index (χ0) is 12.8. The first-order chi connectivity index (χ1) is 8.83. The molecule has 18 heavy (non-hydrogen) atoms. The van der Waals surface area contributed by atoms with Gasteiger partial charge in [0.25, 0.3) is 0 Å². The number of ether oxygens (including phenoxy) is 1. The molecule has 0 atom stereocenters. The molecule has 0 radical (unpaired) electrons. The lowest BCUT2D eigenvalue weighted by atomic mass is 10.1. The van der Waals surface area contributed by atoms with Crippen molar-refractivity contribution in [2.75, 3.05) is 46.1 Å². The summed E-state index contributed by atoms with van der Waals surface area (Å²) in [5.74, 6) is 1.00. The van der Waals surface area contributed by atoms with E-state index in [1.165, 1.54) is 23.5 Å². The van der Waals surface area contributed by atoms with Gasteiger partial charge >= 0.3 is 0 Å². The molecule has 0 amide bonds. The molecule has 0 spiro atoms. The molecule has 0 unspecified atom stereocenters. The van der Waals surface area contributed by atoms with E-state index >= 15 is 0 Å². The number of methoxy groups -OCH3 is 1. The summed E-state index contributed by atoms with van der Waals surface area (Å²) in [7, 11) is 1.75. The van der Waals surface area contributed by atoms with Gasteiger partial charge in [-0.05, 0) is 30.4 Å². The van der Waals surface area contributed by atoms with Gasteiger partial charge < -0.3 is 15.0 Å². The zero-order valence-electron chi connectivity index (χ0n) is 11.2. The van der Waals surface area contributed by atoms with Crippen LogP contribution in [0.25, 0.3) is 0 Å². The Morgan fingerprint density at radius 2 is 2.11 bits per heavy atom. The van der Waals surface area contributed by atoms with E-state index in [2.05, 4.69) is 34.7 Å². The second-order valence-corrected chi connectivity index (χ2v) is 5.38. The van der Waals surface area contributed by atoms with Crippen LogP contribution in [0.5, 0.6) is 5.75 Å². The van der Waals surface area contributed by atoms with Crippen LogP contribution in [0.4, 0.5) is 0 Å². The maximum atomic E-state index is 5.42. The number of nitrogens with one attached hydrogen (secondary N) is 1. The van der Waals surface area contributed by atoms with Crippen LogP contribution in [0.15, 0.2) is 23.1 Å². The minimum Gasteiger partial charge on any atom is -0.496 e. The molecular formula is C14H22N2OS. The normalized spacial score (nSPS) is 16.8. The molecule has 0 aromatic heterocycles. The highest BCUT2D eigenvalue weighted by atomic mass is 32.2. The number of benzene rings is 1. The summed E-state index contributed by atoms with van der Waals surface area (Å²) in [5, 5.41) is 3.38. The number of hydrogen-bond acceptors (Lipinski definition) is 4. The quantitative estimate of drug-likeness (QED) is 0.822. The van der Waals surface area contributed by atoms with Crippen LogP contribution in [-0.2, 0) is 6.42 Å². The Hall–Kier alpha value is -0.710. The Balaban J connectivity index is 1.92. The van der Waals surface area contributed by atoms with Crippen molar-refractivity contribution in [1.29, 1.82) is 0 Å². The van der Waals surface area contributed by atoms with Crippen LogP contribution < -0.4 is 10.1 Å². The van der Waals surface area contributed by atoms with Gasteiger partial charge in [-0.1, -0.05) is 6.07 Å². The average molecular weight is 266 g/mol. The van der Waals surface area contributed by atoms with E-state index in [0.29, 0.717) is 0 Å². The second-order valence-electron chi connectivity index (χ2n) is 4.53. The number of thioether (sulfide) groups is 1. The Labute approximate surface area is 114 Å². The van der Waals surface area contributed by atoms with E-state index in [1.54, 1.807) is 18.9 Å². The molecule has 1 aromatic rings. The SMILES string of the molecule is COc1cc(CCN2CCNCC2)ccc1SC. The molecule has 1 N–H and O–H groups in total. The minimum absolute atomic E-state index is 1.00. The van der Waals surface area contributed by atoms with Gasteiger partial charge in [0.15, 0.2) is 0 Å². The van der Waals surface area contributed by atoms with E-state index in [9.17, 15) is 0 Å². The summed E-state index contributed by atoms with van der Waals surface area (Å²) >= 11 is 1.73. The molecule has 4 heteroatoms. The predicted octanol–water partition coefficient (Wildman–Crippen LogP) is 1.86. The van der Waals surface area contributed by atoms with Crippen molar-refractivity contribution < 1.29 is 4.74 Å². The smallest absolute Gasteiger partial charge is 0.132 e. The van der Waals surface area contributed by atoms with Crippen molar-refractivity contribution in [2.45, 2.75) is 11.3 Å². The summed E-state index contributed by atoms with van der Waals surface area (Å²) in [6, 6.07) is 6.56. The number of rotatable bonds is 5. The van der Waals surface area contributed by atoms with Crippen LogP contribution in [-0.4, -0.2) is 51.0 Å². The molecule has 100 valence electrons. The Morgan fingerprint density at radius 3 is 2.78 bits per heavy atom. The first-order valence-electron chi connectivity index (χ1n) is 6.47. The molecule has 1 heterocycles. The lowest BCUT2D eigenvalue weighted by molar-refractivity contribution is 0.244. The van der Waals surface area contributed by atoms with Crippen molar-refractivity contribution in [3.8, 4) is 5.75 Å². The Kier molecular flexibility index (Phi) is 5.35. The van der Waals surface area contributed by atoms with E-state index in [0.717, 1.165) is 31.8 Å². The molecule has 1 aliphatic rings. The van der Waals surface area contributed by atoms with Gasteiger partial charge in [-0.25, -0.2) is 0 Å². The predicted molar refractivity (Wildman–Crippen MR) is 77.8 cm³/mol. The van der Waals surface area contributed by atoms with Gasteiger partial charge in [0.2, 0.25) is 0 Å². The van der Waals surface area contributed by atoms with Gasteiger partial charge in [-0.15, -0.1) is 11.8 Å². The van der Waals surface area contributed by atoms with Gasteiger partial charge in [-0.2, -0.15) is 0 Å². The van der Waals surface area contributed by atoms with Gasteiger partial charge in [0, 0.05) is 37.6 Å². The molecule has 1 aromatic carbocycles. The lowest BCUT2D eigenvalue weighted by Gasteiger charge is -2.27. The van der Waals surface area contributed by atoms with Crippen molar-refractivity contribution in [1.82, 2.24) is 10.2 Å². The summed E-state index contributed by atoms with van der Waals surface area (Å²) < 4.78 is 5.42. The van der Waals surface area contributed by atoms with E-state index in [4.69, 9.17) is 4.74 Å². The highest BCUT2D eigenvalue weighted by Gasteiger charge is 2.10. The maximum Gasteiger partial charge on any atom is 0.132 e. The molecule has 1 saturated heterocycles. The second kappa shape index (κ2) is 7.02. The third kappa shape index (κ3) is 3.64. The summed E-state index contributed by atoms with van der Waals surface area (Å²) in [5.41, 5.74) is 1.36. The van der Waals surface area contributed by atoms with E-state index in [-0.39, 0.29) is 0 Å². The van der Waals surface area contributed by atoms with Crippen LogP contribution in [0, 0.1) is 0 Å². The fourth-order valence-corrected chi connectivity index (χ4v) is 2.81. The summed E-state index contributed by atoms with van der Waals surface area (Å²) in [4.78, 5) is 3.73. The van der Waals surface area contributed by atoms with E-state index < -0.39 is 0 Å². The van der Waals surface area contributed by atoms with Crippen molar-refractivity contribution >= 4 is 11.8 Å². The Bertz CT molecular complexity index is 378. The van der Waals surface area contributed by atoms with Crippen LogP contribution in [0.1, 0.15) is 5.56 Å². The highest BCUT2D eigenvalue weighted by molar-refractivity contribution is 7.98. The number of hydrogen-bond donors (Lipinski definition) is 1. The zero-order valence-corrected chi connectivity index (χ0v) is 12.1. The van der Waals surface area contributed by atoms with Crippen LogP contribution in [0.2, 0.25) is 0 Å². The topological polar surface area (TPSA) is 24.5 Å². The molecule has 1 fully saturated rings. The lowest BCUT2D eigenvalue weighted by Crippen LogP contribution is -2.44. The average Bonchev–Trinajstić information content (AvgIpc) is 2.45. The van der Waals surface area contributed by atoms with Gasteiger partial charge in [0.1, 0.15) is 5.75 Å². The maximum absolute atomic E-state index is 5.42. The molecule has 1 aliphatic heterocycles. The molecule has 3 nitrogen and oxygen atoms in total. The molecule has 0 bridgehead atoms. The van der Waals surface area contributed by atoms with Gasteiger partial charge in [0.05, 0.1) is 7.11 Å².